The summed E-state index contributed by atoms with van der Waals surface area (Å²) in [6.45, 7) is 7.00. The molecule has 1 aromatic heterocycles. The molecule has 8 nitrogen and oxygen atoms in total. The summed E-state index contributed by atoms with van der Waals surface area (Å²) in [5.74, 6) is 0.638. The molecule has 1 atom stereocenters. The molecule has 0 aromatic carbocycles. The molecule has 1 spiro atoms. The first-order valence-electron chi connectivity index (χ1n) is 10.1. The maximum Gasteiger partial charge on any atom is 0.328 e. The number of hydrogen-bond donors (Lipinski definition) is 1. The van der Waals surface area contributed by atoms with Crippen LogP contribution in [0.5, 0.6) is 0 Å². The molecule has 2 saturated heterocycles. The summed E-state index contributed by atoms with van der Waals surface area (Å²) < 4.78 is 1.23. The molecule has 0 aliphatic carbocycles. The number of aromatic nitrogens is 2. The van der Waals surface area contributed by atoms with Gasteiger partial charge in [0.05, 0.1) is 0 Å². The molecule has 28 heavy (non-hydrogen) atoms. The molecule has 2 aliphatic rings. The minimum Gasteiger partial charge on any atom is -0.342 e. The Kier molecular flexibility index (Phi) is 6.05. The van der Waals surface area contributed by atoms with Crippen LogP contribution in [0.2, 0.25) is 0 Å². The normalized spacial score (nSPS) is 22.9. The first kappa shape index (κ1) is 20.4. The van der Waals surface area contributed by atoms with Crippen molar-refractivity contribution in [3.8, 4) is 0 Å². The van der Waals surface area contributed by atoms with Gasteiger partial charge in [-0.15, -0.1) is 0 Å². The number of likely N-dealkylation sites (tertiary alicyclic amines) is 2. The molecular weight excluding hydrogens is 360 g/mol. The smallest absolute Gasteiger partial charge is 0.328 e. The van der Waals surface area contributed by atoms with Crippen LogP contribution in [-0.4, -0.2) is 57.3 Å². The lowest BCUT2D eigenvalue weighted by molar-refractivity contribution is -0.143. The third kappa shape index (κ3) is 4.72. The van der Waals surface area contributed by atoms with Crippen LogP contribution in [0.4, 0.5) is 0 Å². The fraction of sp³-hybridized carbons (Fsp3) is 0.700. The molecule has 2 aliphatic heterocycles. The molecule has 3 rings (SSSR count). The zero-order valence-electron chi connectivity index (χ0n) is 16.8. The number of piperidine rings is 2. The van der Waals surface area contributed by atoms with Crippen molar-refractivity contribution in [1.29, 1.82) is 0 Å². The van der Waals surface area contributed by atoms with Crippen molar-refractivity contribution < 1.29 is 9.59 Å². The average molecular weight is 390 g/mol. The van der Waals surface area contributed by atoms with Crippen molar-refractivity contribution in [2.45, 2.75) is 52.5 Å². The average Bonchev–Trinajstić information content (AvgIpc) is 2.65. The van der Waals surface area contributed by atoms with Gasteiger partial charge < -0.3 is 9.80 Å². The quantitative estimate of drug-likeness (QED) is 0.805. The largest absolute Gasteiger partial charge is 0.342 e. The Labute approximate surface area is 164 Å². The number of nitrogens with zero attached hydrogens (tertiary/aromatic N) is 3. The maximum absolute atomic E-state index is 12.8. The summed E-state index contributed by atoms with van der Waals surface area (Å²) in [6.07, 6.45) is 5.61. The Hall–Kier alpha value is -2.38. The van der Waals surface area contributed by atoms with Gasteiger partial charge in [-0.1, -0.05) is 13.8 Å². The van der Waals surface area contributed by atoms with E-state index in [4.69, 9.17) is 0 Å². The van der Waals surface area contributed by atoms with Crippen molar-refractivity contribution in [3.63, 3.8) is 0 Å². The van der Waals surface area contributed by atoms with Crippen LogP contribution >= 0.6 is 0 Å². The van der Waals surface area contributed by atoms with E-state index in [0.717, 1.165) is 32.2 Å². The van der Waals surface area contributed by atoms with Crippen LogP contribution in [-0.2, 0) is 16.1 Å². The molecule has 1 N–H and O–H groups in total. The predicted octanol–water partition coefficient (Wildman–Crippen LogP) is 0.814. The van der Waals surface area contributed by atoms with E-state index >= 15 is 0 Å². The molecule has 8 heteroatoms. The standard InChI is InChI=1S/C20H30N4O4/c1-15(2)5-10-24-14-20(8-4-17(24)26)7-3-9-23(13-20)18(27)12-22-11-6-16(25)21-19(22)28/h6,11,15H,3-5,7-10,12-14H2,1-2H3,(H,21,25,28). The van der Waals surface area contributed by atoms with E-state index in [1.807, 2.05) is 9.80 Å². The second kappa shape index (κ2) is 8.32. The first-order chi connectivity index (χ1) is 13.3. The fourth-order valence-electron chi connectivity index (χ4n) is 4.29. The second-order valence-corrected chi connectivity index (χ2v) is 8.65. The number of nitrogens with one attached hydrogen (secondary N) is 1. The Morgan fingerprint density at radius 2 is 2.00 bits per heavy atom. The van der Waals surface area contributed by atoms with Gasteiger partial charge in [0.25, 0.3) is 5.56 Å². The molecule has 0 bridgehead atoms. The highest BCUT2D eigenvalue weighted by Crippen LogP contribution is 2.39. The molecular formula is C20H30N4O4. The van der Waals surface area contributed by atoms with Gasteiger partial charge in [0.1, 0.15) is 6.54 Å². The highest BCUT2D eigenvalue weighted by atomic mass is 16.2. The minimum absolute atomic E-state index is 0.0469. The monoisotopic (exact) mass is 390 g/mol. The Balaban J connectivity index is 1.67. The van der Waals surface area contributed by atoms with E-state index < -0.39 is 11.2 Å². The van der Waals surface area contributed by atoms with E-state index in [1.54, 1.807) is 0 Å². The van der Waals surface area contributed by atoms with Crippen LogP contribution in [0, 0.1) is 11.3 Å². The summed E-state index contributed by atoms with van der Waals surface area (Å²) in [7, 11) is 0. The van der Waals surface area contributed by atoms with E-state index in [0.29, 0.717) is 32.0 Å². The summed E-state index contributed by atoms with van der Waals surface area (Å²) in [5, 5.41) is 0. The van der Waals surface area contributed by atoms with Crippen molar-refractivity contribution in [1.82, 2.24) is 19.4 Å². The molecule has 0 saturated carbocycles. The second-order valence-electron chi connectivity index (χ2n) is 8.65. The van der Waals surface area contributed by atoms with E-state index in [9.17, 15) is 19.2 Å². The SMILES string of the molecule is CC(C)CCN1CC2(CCCN(C(=O)Cn3ccc(=O)[nH]c3=O)C2)CCC1=O. The van der Waals surface area contributed by atoms with Gasteiger partial charge in [-0.2, -0.15) is 0 Å². The van der Waals surface area contributed by atoms with Gasteiger partial charge in [-0.25, -0.2) is 4.79 Å². The fourth-order valence-corrected chi connectivity index (χ4v) is 4.29. The highest BCUT2D eigenvalue weighted by molar-refractivity contribution is 5.78. The number of amides is 2. The Morgan fingerprint density at radius 3 is 2.71 bits per heavy atom. The Bertz CT molecular complexity index is 843. The van der Waals surface area contributed by atoms with Gasteiger partial charge in [-0.3, -0.25) is 23.9 Å². The van der Waals surface area contributed by atoms with Gasteiger partial charge in [0, 0.05) is 50.3 Å². The van der Waals surface area contributed by atoms with Crippen molar-refractivity contribution in [3.05, 3.63) is 33.1 Å². The number of H-pyrrole nitrogens is 1. The van der Waals surface area contributed by atoms with Gasteiger partial charge in [0.15, 0.2) is 0 Å². The van der Waals surface area contributed by atoms with Crippen LogP contribution in [0.25, 0.3) is 0 Å². The highest BCUT2D eigenvalue weighted by Gasteiger charge is 2.42. The van der Waals surface area contributed by atoms with Crippen molar-refractivity contribution in [2.24, 2.45) is 11.3 Å². The zero-order valence-corrected chi connectivity index (χ0v) is 16.8. The van der Waals surface area contributed by atoms with E-state index in [-0.39, 0.29) is 23.8 Å². The van der Waals surface area contributed by atoms with Crippen molar-refractivity contribution in [2.75, 3.05) is 26.2 Å². The number of carbonyl (C=O) groups excluding carboxylic acids is 2. The zero-order chi connectivity index (χ0) is 20.3. The summed E-state index contributed by atoms with van der Waals surface area (Å²) >= 11 is 0. The number of hydrogen-bond acceptors (Lipinski definition) is 4. The van der Waals surface area contributed by atoms with Crippen LogP contribution < -0.4 is 11.2 Å². The lowest BCUT2D eigenvalue weighted by Crippen LogP contribution is -2.55. The van der Waals surface area contributed by atoms with Gasteiger partial charge in [-0.05, 0) is 31.6 Å². The molecule has 0 radical (unpaired) electrons. The molecule has 1 aromatic rings. The lowest BCUT2D eigenvalue weighted by Gasteiger charge is -2.48. The molecule has 154 valence electrons. The topological polar surface area (TPSA) is 95.5 Å². The number of carbonyl (C=O) groups is 2. The Morgan fingerprint density at radius 1 is 1.21 bits per heavy atom. The predicted molar refractivity (Wildman–Crippen MR) is 105 cm³/mol. The molecule has 2 amide bonds. The maximum atomic E-state index is 12.8. The summed E-state index contributed by atoms with van der Waals surface area (Å²) in [4.78, 5) is 54.1. The minimum atomic E-state index is -0.573. The third-order valence-electron chi connectivity index (χ3n) is 5.94. The van der Waals surface area contributed by atoms with Crippen LogP contribution in [0.15, 0.2) is 21.9 Å². The van der Waals surface area contributed by atoms with Crippen LogP contribution in [0.1, 0.15) is 46.0 Å². The number of aromatic amines is 1. The van der Waals surface area contributed by atoms with Crippen molar-refractivity contribution >= 4 is 11.8 Å². The van der Waals surface area contributed by atoms with Gasteiger partial charge >= 0.3 is 5.69 Å². The van der Waals surface area contributed by atoms with E-state index in [2.05, 4.69) is 18.8 Å². The molecule has 1 unspecified atom stereocenters. The number of rotatable bonds is 5. The van der Waals surface area contributed by atoms with E-state index in [1.165, 1.54) is 16.8 Å². The first-order valence-corrected chi connectivity index (χ1v) is 10.1. The van der Waals surface area contributed by atoms with Gasteiger partial charge in [0.2, 0.25) is 11.8 Å². The van der Waals surface area contributed by atoms with Crippen LogP contribution in [0.3, 0.4) is 0 Å². The summed E-state index contributed by atoms with van der Waals surface area (Å²) in [6, 6.07) is 1.24. The third-order valence-corrected chi connectivity index (χ3v) is 5.94. The lowest BCUT2D eigenvalue weighted by atomic mass is 9.73. The molecule has 2 fully saturated rings. The summed E-state index contributed by atoms with van der Waals surface area (Å²) in [5.41, 5.74) is -1.09. The molecule has 3 heterocycles.